The second-order valence-corrected chi connectivity index (χ2v) is 5.08. The zero-order chi connectivity index (χ0) is 13.0. The zero-order valence-corrected chi connectivity index (χ0v) is 11.4. The van der Waals surface area contributed by atoms with E-state index >= 15 is 0 Å². The summed E-state index contributed by atoms with van der Waals surface area (Å²) < 4.78 is 5.57. The van der Waals surface area contributed by atoms with Crippen molar-refractivity contribution >= 4 is 17.4 Å². The van der Waals surface area contributed by atoms with Crippen molar-refractivity contribution in [2.45, 2.75) is 25.8 Å². The molecule has 2 heterocycles. The van der Waals surface area contributed by atoms with Crippen molar-refractivity contribution in [1.82, 2.24) is 10.3 Å². The van der Waals surface area contributed by atoms with Gasteiger partial charge in [0.05, 0.1) is 11.6 Å². The second kappa shape index (κ2) is 6.36. The molecular formula is C13H20ClN3O. The number of nitrogens with zero attached hydrogens (tertiary/aromatic N) is 1. The quantitative estimate of drug-likeness (QED) is 0.881. The number of nitrogens with two attached hydrogens (primary N) is 1. The minimum absolute atomic E-state index is 0.168. The maximum Gasteiger partial charge on any atom is 0.128 e. The van der Waals surface area contributed by atoms with Crippen molar-refractivity contribution in [2.24, 2.45) is 5.92 Å². The molecule has 0 amide bonds. The largest absolute Gasteiger partial charge is 0.383 e. The fraction of sp³-hybridized carbons (Fsp3) is 0.615. The van der Waals surface area contributed by atoms with Gasteiger partial charge in [0.25, 0.3) is 0 Å². The molecule has 0 radical (unpaired) electrons. The van der Waals surface area contributed by atoms with Gasteiger partial charge in [0, 0.05) is 30.3 Å². The van der Waals surface area contributed by atoms with Crippen molar-refractivity contribution in [2.75, 3.05) is 25.5 Å². The molecule has 18 heavy (non-hydrogen) atoms. The van der Waals surface area contributed by atoms with E-state index < -0.39 is 0 Å². The van der Waals surface area contributed by atoms with E-state index in [4.69, 9.17) is 22.1 Å². The van der Waals surface area contributed by atoms with Gasteiger partial charge in [-0.1, -0.05) is 18.5 Å². The lowest BCUT2D eigenvalue weighted by Crippen LogP contribution is -2.34. The molecule has 5 heteroatoms. The highest BCUT2D eigenvalue weighted by molar-refractivity contribution is 6.30. The highest BCUT2D eigenvalue weighted by Gasteiger charge is 2.27. The fourth-order valence-corrected chi connectivity index (χ4v) is 2.66. The SMILES string of the molecule is CCNC(c1cc(Cl)cnc1N)C1CCCOC1. The number of hydrogen-bond acceptors (Lipinski definition) is 4. The number of ether oxygens (including phenoxy) is 1. The minimum atomic E-state index is 0.168. The second-order valence-electron chi connectivity index (χ2n) is 4.64. The van der Waals surface area contributed by atoms with E-state index in [9.17, 15) is 0 Å². The molecule has 2 unspecified atom stereocenters. The maximum atomic E-state index is 6.02. The summed E-state index contributed by atoms with van der Waals surface area (Å²) in [4.78, 5) is 4.14. The van der Waals surface area contributed by atoms with Crippen molar-refractivity contribution in [3.05, 3.63) is 22.8 Å². The Bertz CT molecular complexity index is 394. The van der Waals surface area contributed by atoms with Crippen molar-refractivity contribution < 1.29 is 4.74 Å². The summed E-state index contributed by atoms with van der Waals surface area (Å²) >= 11 is 6.02. The maximum absolute atomic E-state index is 6.02. The van der Waals surface area contributed by atoms with E-state index in [0.717, 1.165) is 38.2 Å². The third-order valence-electron chi connectivity index (χ3n) is 3.34. The fourth-order valence-electron chi connectivity index (χ4n) is 2.49. The summed E-state index contributed by atoms with van der Waals surface area (Å²) in [5.74, 6) is 0.984. The van der Waals surface area contributed by atoms with Crippen molar-refractivity contribution in [3.8, 4) is 0 Å². The minimum Gasteiger partial charge on any atom is -0.383 e. The number of pyridine rings is 1. The van der Waals surface area contributed by atoms with Crippen LogP contribution in [-0.4, -0.2) is 24.7 Å². The van der Waals surface area contributed by atoms with Crippen LogP contribution in [0.1, 0.15) is 31.4 Å². The lowest BCUT2D eigenvalue weighted by molar-refractivity contribution is 0.0393. The number of nitrogen functional groups attached to an aromatic ring is 1. The van der Waals surface area contributed by atoms with Gasteiger partial charge in [-0.2, -0.15) is 0 Å². The molecule has 1 aliphatic heterocycles. The number of hydrogen-bond donors (Lipinski definition) is 2. The Hall–Kier alpha value is -0.840. The summed E-state index contributed by atoms with van der Waals surface area (Å²) in [5, 5.41) is 4.10. The average molecular weight is 270 g/mol. The standard InChI is InChI=1S/C13H20ClN3O/c1-2-16-12(9-4-3-5-18-8-9)11-6-10(14)7-17-13(11)15/h6-7,9,12,16H,2-5,8H2,1H3,(H2,15,17). The van der Waals surface area contributed by atoms with Gasteiger partial charge >= 0.3 is 0 Å². The van der Waals surface area contributed by atoms with Crippen LogP contribution < -0.4 is 11.1 Å². The molecule has 1 aliphatic rings. The molecule has 0 spiro atoms. The molecule has 0 aliphatic carbocycles. The highest BCUT2D eigenvalue weighted by Crippen LogP contribution is 2.32. The average Bonchev–Trinajstić information content (AvgIpc) is 2.40. The van der Waals surface area contributed by atoms with Crippen LogP contribution in [0.5, 0.6) is 0 Å². The summed E-state index contributed by atoms with van der Waals surface area (Å²) in [5.41, 5.74) is 6.96. The van der Waals surface area contributed by atoms with E-state index in [-0.39, 0.29) is 6.04 Å². The van der Waals surface area contributed by atoms with E-state index in [2.05, 4.69) is 17.2 Å². The number of nitrogens with one attached hydrogen (secondary N) is 1. The predicted octanol–water partition coefficient (Wildman–Crippen LogP) is 2.39. The smallest absolute Gasteiger partial charge is 0.128 e. The topological polar surface area (TPSA) is 60.2 Å². The number of aromatic nitrogens is 1. The molecule has 4 nitrogen and oxygen atoms in total. The first-order valence-corrected chi connectivity index (χ1v) is 6.82. The first-order chi connectivity index (χ1) is 8.72. The molecule has 0 saturated carbocycles. The van der Waals surface area contributed by atoms with Crippen molar-refractivity contribution in [1.29, 1.82) is 0 Å². The lowest BCUT2D eigenvalue weighted by atomic mass is 9.89. The summed E-state index contributed by atoms with van der Waals surface area (Å²) in [6.07, 6.45) is 3.82. The van der Waals surface area contributed by atoms with Gasteiger partial charge in [-0.3, -0.25) is 0 Å². The Kier molecular flexibility index (Phi) is 4.80. The van der Waals surface area contributed by atoms with Crippen LogP contribution in [0.3, 0.4) is 0 Å². The van der Waals surface area contributed by atoms with Crippen LogP contribution in [-0.2, 0) is 4.74 Å². The summed E-state index contributed by atoms with van der Waals surface area (Å²) in [6, 6.07) is 2.08. The van der Waals surface area contributed by atoms with E-state index in [1.807, 2.05) is 6.07 Å². The molecule has 2 atom stereocenters. The molecular weight excluding hydrogens is 250 g/mol. The monoisotopic (exact) mass is 269 g/mol. The van der Waals surface area contributed by atoms with Crippen LogP contribution >= 0.6 is 11.6 Å². The van der Waals surface area contributed by atoms with Crippen LogP contribution in [0.2, 0.25) is 5.02 Å². The Morgan fingerprint density at radius 1 is 1.67 bits per heavy atom. The van der Waals surface area contributed by atoms with Gasteiger partial charge in [0.1, 0.15) is 5.82 Å². The van der Waals surface area contributed by atoms with Gasteiger partial charge in [0.15, 0.2) is 0 Å². The Morgan fingerprint density at radius 2 is 2.50 bits per heavy atom. The zero-order valence-electron chi connectivity index (χ0n) is 10.7. The van der Waals surface area contributed by atoms with Gasteiger partial charge in [0.2, 0.25) is 0 Å². The Morgan fingerprint density at radius 3 is 3.17 bits per heavy atom. The van der Waals surface area contributed by atoms with Crippen LogP contribution in [0.25, 0.3) is 0 Å². The molecule has 3 N–H and O–H groups in total. The number of rotatable bonds is 4. The molecule has 1 fully saturated rings. The van der Waals surface area contributed by atoms with Crippen LogP contribution in [0.4, 0.5) is 5.82 Å². The van der Waals surface area contributed by atoms with Crippen LogP contribution in [0, 0.1) is 5.92 Å². The predicted molar refractivity (Wildman–Crippen MR) is 73.6 cm³/mol. The lowest BCUT2D eigenvalue weighted by Gasteiger charge is -2.31. The molecule has 100 valence electrons. The third-order valence-corrected chi connectivity index (χ3v) is 3.55. The van der Waals surface area contributed by atoms with Gasteiger partial charge in [-0.15, -0.1) is 0 Å². The Balaban J connectivity index is 2.24. The molecule has 2 rings (SSSR count). The highest BCUT2D eigenvalue weighted by atomic mass is 35.5. The number of anilines is 1. The molecule has 0 bridgehead atoms. The molecule has 1 saturated heterocycles. The van der Waals surface area contributed by atoms with E-state index in [0.29, 0.717) is 16.8 Å². The van der Waals surface area contributed by atoms with E-state index in [1.165, 1.54) is 0 Å². The number of halogens is 1. The summed E-state index contributed by atoms with van der Waals surface area (Å²) in [7, 11) is 0. The van der Waals surface area contributed by atoms with Crippen LogP contribution in [0.15, 0.2) is 12.3 Å². The Labute approximate surface area is 113 Å². The first kappa shape index (κ1) is 13.6. The van der Waals surface area contributed by atoms with Crippen molar-refractivity contribution in [3.63, 3.8) is 0 Å². The van der Waals surface area contributed by atoms with E-state index in [1.54, 1.807) is 6.20 Å². The first-order valence-electron chi connectivity index (χ1n) is 6.44. The van der Waals surface area contributed by atoms with Gasteiger partial charge in [-0.05, 0) is 25.5 Å². The normalized spacial score (nSPS) is 21.8. The molecule has 0 aromatic carbocycles. The molecule has 1 aromatic rings. The van der Waals surface area contributed by atoms with Gasteiger partial charge in [-0.25, -0.2) is 4.98 Å². The molecule has 1 aromatic heterocycles. The third kappa shape index (κ3) is 3.13. The summed E-state index contributed by atoms with van der Waals surface area (Å²) in [6.45, 7) is 4.60. The van der Waals surface area contributed by atoms with Gasteiger partial charge < -0.3 is 15.8 Å².